The molecule has 0 saturated carbocycles. The third-order valence-electron chi connectivity index (χ3n) is 4.12. The maximum atomic E-state index is 13.3. The van der Waals surface area contributed by atoms with Gasteiger partial charge in [-0.2, -0.15) is 0 Å². The number of carbonyl (C=O) groups excluding carboxylic acids is 2. The maximum Gasteiger partial charge on any atom is 0.340 e. The number of ether oxygens (including phenoxy) is 1. The van der Waals surface area contributed by atoms with Gasteiger partial charge >= 0.3 is 5.97 Å². The molecular formula is C18H14Cl2FNO3. The zero-order valence-corrected chi connectivity index (χ0v) is 14.8. The summed E-state index contributed by atoms with van der Waals surface area (Å²) >= 11 is 12.4. The Labute approximate surface area is 154 Å². The number of esters is 1. The van der Waals surface area contributed by atoms with Crippen LogP contribution >= 0.6 is 23.2 Å². The van der Waals surface area contributed by atoms with Crippen LogP contribution in [0, 0.1) is 5.82 Å². The molecule has 130 valence electrons. The molecule has 0 spiro atoms. The molecule has 0 saturated heterocycles. The minimum atomic E-state index is -0.646. The molecule has 2 aromatic rings. The number of methoxy groups -OCH3 is 1. The van der Waals surface area contributed by atoms with Crippen molar-refractivity contribution < 1.29 is 18.7 Å². The number of nitrogens with zero attached hydrogens (tertiary/aromatic N) is 1. The van der Waals surface area contributed by atoms with E-state index in [0.717, 1.165) is 0 Å². The SMILES string of the molecule is COC(=O)c1c(Cl)cc2c(c1Cl)CCN(Cc1cccc(F)c1)C2=O. The van der Waals surface area contributed by atoms with Crippen molar-refractivity contribution in [2.24, 2.45) is 0 Å². The normalized spacial score (nSPS) is 13.6. The third kappa shape index (κ3) is 3.34. The molecule has 4 nitrogen and oxygen atoms in total. The number of benzene rings is 2. The summed E-state index contributed by atoms with van der Waals surface area (Å²) in [5.74, 6) is -1.26. The van der Waals surface area contributed by atoms with E-state index < -0.39 is 5.97 Å². The van der Waals surface area contributed by atoms with Gasteiger partial charge in [0, 0.05) is 18.7 Å². The summed E-state index contributed by atoms with van der Waals surface area (Å²) < 4.78 is 18.0. The van der Waals surface area contributed by atoms with Crippen LogP contribution in [0.1, 0.15) is 31.8 Å². The Hall–Kier alpha value is -2.11. The fraction of sp³-hybridized carbons (Fsp3) is 0.222. The van der Waals surface area contributed by atoms with Gasteiger partial charge in [-0.1, -0.05) is 35.3 Å². The summed E-state index contributed by atoms with van der Waals surface area (Å²) in [7, 11) is 1.24. The molecule has 0 atom stereocenters. The summed E-state index contributed by atoms with van der Waals surface area (Å²) in [5, 5.41) is 0.213. The molecule has 0 radical (unpaired) electrons. The van der Waals surface area contributed by atoms with Gasteiger partial charge in [-0.25, -0.2) is 9.18 Å². The molecule has 0 aromatic heterocycles. The highest BCUT2D eigenvalue weighted by atomic mass is 35.5. The fourth-order valence-corrected chi connectivity index (χ4v) is 3.61. The van der Waals surface area contributed by atoms with E-state index in [1.165, 1.54) is 25.3 Å². The zero-order valence-electron chi connectivity index (χ0n) is 13.3. The van der Waals surface area contributed by atoms with E-state index in [4.69, 9.17) is 23.2 Å². The van der Waals surface area contributed by atoms with Gasteiger partial charge in [0.25, 0.3) is 5.91 Å². The maximum absolute atomic E-state index is 13.3. The molecule has 0 fully saturated rings. The molecule has 1 amide bonds. The number of carbonyl (C=O) groups is 2. The van der Waals surface area contributed by atoms with Gasteiger partial charge in [-0.3, -0.25) is 4.79 Å². The Bertz CT molecular complexity index is 870. The Morgan fingerprint density at radius 3 is 2.76 bits per heavy atom. The summed E-state index contributed by atoms with van der Waals surface area (Å²) in [4.78, 5) is 26.2. The molecule has 1 heterocycles. The molecule has 3 rings (SSSR count). The van der Waals surface area contributed by atoms with Gasteiger partial charge in [0.05, 0.1) is 22.7 Å². The van der Waals surface area contributed by atoms with Crippen molar-refractivity contribution in [3.05, 3.63) is 68.4 Å². The number of halogens is 3. The molecular weight excluding hydrogens is 368 g/mol. The van der Waals surface area contributed by atoms with E-state index in [-0.39, 0.29) is 33.9 Å². The number of fused-ring (bicyclic) bond motifs is 1. The molecule has 0 unspecified atom stereocenters. The van der Waals surface area contributed by atoms with Gasteiger partial charge in [-0.05, 0) is 35.7 Å². The first kappa shape index (κ1) is 17.7. The van der Waals surface area contributed by atoms with Crippen LogP contribution in [0.25, 0.3) is 0 Å². The van der Waals surface area contributed by atoms with E-state index in [0.29, 0.717) is 29.7 Å². The van der Waals surface area contributed by atoms with Gasteiger partial charge < -0.3 is 9.64 Å². The van der Waals surface area contributed by atoms with E-state index >= 15 is 0 Å². The molecule has 25 heavy (non-hydrogen) atoms. The summed E-state index contributed by atoms with van der Waals surface area (Å²) in [5.41, 5.74) is 1.69. The molecule has 7 heteroatoms. The summed E-state index contributed by atoms with van der Waals surface area (Å²) in [6.45, 7) is 0.689. The van der Waals surface area contributed by atoms with E-state index in [2.05, 4.69) is 4.74 Å². The Kier molecular flexibility index (Phi) is 4.97. The predicted octanol–water partition coefficient (Wildman–Crippen LogP) is 4.12. The van der Waals surface area contributed by atoms with Crippen LogP contribution in [0.15, 0.2) is 30.3 Å². The second kappa shape index (κ2) is 7.02. The van der Waals surface area contributed by atoms with E-state index in [1.54, 1.807) is 17.0 Å². The van der Waals surface area contributed by atoms with Gasteiger partial charge in [-0.15, -0.1) is 0 Å². The summed E-state index contributed by atoms with van der Waals surface area (Å²) in [6, 6.07) is 7.54. The van der Waals surface area contributed by atoms with Crippen LogP contribution in [0.3, 0.4) is 0 Å². The Morgan fingerprint density at radius 1 is 1.32 bits per heavy atom. The molecule has 0 aliphatic carbocycles. The van der Waals surface area contributed by atoms with Crippen molar-refractivity contribution in [2.45, 2.75) is 13.0 Å². The number of hydrogen-bond donors (Lipinski definition) is 0. The van der Waals surface area contributed by atoms with E-state index in [1.807, 2.05) is 0 Å². The predicted molar refractivity (Wildman–Crippen MR) is 92.6 cm³/mol. The minimum absolute atomic E-state index is 0.0657. The number of rotatable bonds is 3. The molecule has 1 aliphatic heterocycles. The molecule has 0 bridgehead atoms. The van der Waals surface area contributed by atoms with Crippen molar-refractivity contribution in [1.29, 1.82) is 0 Å². The number of hydrogen-bond acceptors (Lipinski definition) is 3. The quantitative estimate of drug-likeness (QED) is 0.751. The first-order valence-corrected chi connectivity index (χ1v) is 8.31. The monoisotopic (exact) mass is 381 g/mol. The van der Waals surface area contributed by atoms with Gasteiger partial charge in [0.2, 0.25) is 0 Å². The lowest BCUT2D eigenvalue weighted by molar-refractivity contribution is 0.0599. The summed E-state index contributed by atoms with van der Waals surface area (Å²) in [6.07, 6.45) is 0.469. The smallest absolute Gasteiger partial charge is 0.340 e. The van der Waals surface area contributed by atoms with Crippen LogP contribution in [0.4, 0.5) is 4.39 Å². The lowest BCUT2D eigenvalue weighted by atomic mass is 9.95. The fourth-order valence-electron chi connectivity index (χ4n) is 2.91. The van der Waals surface area contributed by atoms with Crippen molar-refractivity contribution in [3.63, 3.8) is 0 Å². The first-order valence-electron chi connectivity index (χ1n) is 7.55. The van der Waals surface area contributed by atoms with Crippen molar-refractivity contribution in [2.75, 3.05) is 13.7 Å². The molecule has 2 aromatic carbocycles. The third-order valence-corrected chi connectivity index (χ3v) is 4.84. The highest BCUT2D eigenvalue weighted by Gasteiger charge is 2.30. The first-order chi connectivity index (χ1) is 11.9. The van der Waals surface area contributed by atoms with E-state index in [9.17, 15) is 14.0 Å². The Morgan fingerprint density at radius 2 is 2.08 bits per heavy atom. The highest BCUT2D eigenvalue weighted by molar-refractivity contribution is 6.40. The van der Waals surface area contributed by atoms with Crippen LogP contribution in [0.2, 0.25) is 10.0 Å². The van der Waals surface area contributed by atoms with Crippen molar-refractivity contribution in [3.8, 4) is 0 Å². The molecule has 1 aliphatic rings. The average Bonchev–Trinajstić information content (AvgIpc) is 2.58. The Balaban J connectivity index is 1.94. The second-order valence-electron chi connectivity index (χ2n) is 5.67. The number of amides is 1. The van der Waals surface area contributed by atoms with Gasteiger partial charge in [0.15, 0.2) is 0 Å². The van der Waals surface area contributed by atoms with Crippen LogP contribution < -0.4 is 0 Å². The lowest BCUT2D eigenvalue weighted by Gasteiger charge is -2.30. The lowest BCUT2D eigenvalue weighted by Crippen LogP contribution is -2.37. The van der Waals surface area contributed by atoms with Crippen molar-refractivity contribution >= 4 is 35.1 Å². The zero-order chi connectivity index (χ0) is 18.1. The minimum Gasteiger partial charge on any atom is -0.465 e. The highest BCUT2D eigenvalue weighted by Crippen LogP contribution is 2.35. The average molecular weight is 382 g/mol. The molecule has 0 N–H and O–H groups in total. The van der Waals surface area contributed by atoms with Gasteiger partial charge in [0.1, 0.15) is 5.82 Å². The topological polar surface area (TPSA) is 46.6 Å². The largest absolute Gasteiger partial charge is 0.465 e. The van der Waals surface area contributed by atoms with Crippen molar-refractivity contribution in [1.82, 2.24) is 4.90 Å². The van der Waals surface area contributed by atoms with Crippen LogP contribution in [0.5, 0.6) is 0 Å². The standard InChI is InChI=1S/C18H14Cl2FNO3/c1-25-18(24)15-14(19)8-13-12(16(15)20)5-6-22(17(13)23)9-10-3-2-4-11(21)7-10/h2-4,7-8H,5-6,9H2,1H3. The second-order valence-corrected chi connectivity index (χ2v) is 6.46. The van der Waals surface area contributed by atoms with Crippen LogP contribution in [-0.4, -0.2) is 30.4 Å². The van der Waals surface area contributed by atoms with Crippen LogP contribution in [-0.2, 0) is 17.7 Å².